The molecule has 5 nitrogen and oxygen atoms in total. The van der Waals surface area contributed by atoms with Crippen molar-refractivity contribution < 1.29 is 22.4 Å². The van der Waals surface area contributed by atoms with Crippen LogP contribution in [0.15, 0.2) is 54.7 Å². The zero-order valence-corrected chi connectivity index (χ0v) is 19.4. The molecule has 1 unspecified atom stereocenters. The molecule has 1 N–H and O–H groups in total. The van der Waals surface area contributed by atoms with E-state index in [4.69, 9.17) is 0 Å². The SMILES string of the molecule is Cc1ccc(-c2ccc(F)cc2)c(C(=O)N2CCCC(C)[C@H]2CNc2ccc(C(F)(F)F)cn2)n1. The number of hydrogen-bond acceptors (Lipinski definition) is 4. The van der Waals surface area contributed by atoms with Gasteiger partial charge in [0, 0.05) is 30.5 Å². The van der Waals surface area contributed by atoms with Crippen LogP contribution in [-0.2, 0) is 6.18 Å². The molecule has 0 bridgehead atoms. The number of rotatable bonds is 5. The largest absolute Gasteiger partial charge is 0.417 e. The number of aryl methyl sites for hydroxylation is 1. The third kappa shape index (κ3) is 5.61. The minimum atomic E-state index is -4.45. The maximum Gasteiger partial charge on any atom is 0.417 e. The van der Waals surface area contributed by atoms with E-state index in [-0.39, 0.29) is 23.7 Å². The lowest BCUT2D eigenvalue weighted by molar-refractivity contribution is -0.137. The average Bonchev–Trinajstić information content (AvgIpc) is 2.83. The fourth-order valence-electron chi connectivity index (χ4n) is 4.41. The Morgan fingerprint density at radius 1 is 1.11 bits per heavy atom. The first kappa shape index (κ1) is 24.6. The summed E-state index contributed by atoms with van der Waals surface area (Å²) in [5.41, 5.74) is 1.48. The summed E-state index contributed by atoms with van der Waals surface area (Å²) >= 11 is 0. The highest BCUT2D eigenvalue weighted by atomic mass is 19.4. The monoisotopic (exact) mass is 486 g/mol. The van der Waals surface area contributed by atoms with E-state index in [2.05, 4.69) is 22.2 Å². The quantitative estimate of drug-likeness (QED) is 0.452. The van der Waals surface area contributed by atoms with Crippen LogP contribution in [0.4, 0.5) is 23.4 Å². The van der Waals surface area contributed by atoms with E-state index in [1.807, 2.05) is 12.1 Å². The molecule has 1 fully saturated rings. The molecule has 9 heteroatoms. The van der Waals surface area contributed by atoms with E-state index < -0.39 is 11.7 Å². The number of carbonyl (C=O) groups is 1. The molecule has 2 atom stereocenters. The number of pyridine rings is 2. The number of anilines is 1. The molecule has 0 radical (unpaired) electrons. The molecule has 0 spiro atoms. The standard InChI is InChI=1S/C26H26F4N4O/c1-16-4-3-13-34(22(16)15-32-23-12-8-19(14-31-23)26(28,29)30)25(35)24-21(11-5-17(2)33-24)18-6-9-20(27)10-7-18/h5-12,14,16,22H,3-4,13,15H2,1-2H3,(H,31,32)/t16?,22-/m1/s1. The van der Waals surface area contributed by atoms with Gasteiger partial charge in [0.25, 0.3) is 5.91 Å². The lowest BCUT2D eigenvalue weighted by Gasteiger charge is -2.40. The normalized spacial score (nSPS) is 18.4. The van der Waals surface area contributed by atoms with Crippen LogP contribution in [-0.4, -0.2) is 39.9 Å². The first-order valence-corrected chi connectivity index (χ1v) is 11.4. The van der Waals surface area contributed by atoms with Crippen molar-refractivity contribution in [2.75, 3.05) is 18.4 Å². The lowest BCUT2D eigenvalue weighted by Crippen LogP contribution is -2.51. The fraction of sp³-hybridized carbons (Fsp3) is 0.346. The molecule has 3 aromatic rings. The minimum Gasteiger partial charge on any atom is -0.368 e. The zero-order valence-electron chi connectivity index (χ0n) is 19.4. The molecule has 184 valence electrons. The maximum atomic E-state index is 13.8. The number of amides is 1. The highest BCUT2D eigenvalue weighted by Gasteiger charge is 2.34. The van der Waals surface area contributed by atoms with Gasteiger partial charge in [0.2, 0.25) is 0 Å². The van der Waals surface area contributed by atoms with E-state index in [0.717, 1.165) is 25.1 Å². The molecule has 2 aromatic heterocycles. The number of alkyl halides is 3. The molecule has 1 aliphatic rings. The van der Waals surface area contributed by atoms with Crippen LogP contribution in [0.3, 0.4) is 0 Å². The molecule has 1 saturated heterocycles. The number of aromatic nitrogens is 2. The summed E-state index contributed by atoms with van der Waals surface area (Å²) in [6.07, 6.45) is -1.90. The fourth-order valence-corrected chi connectivity index (χ4v) is 4.41. The van der Waals surface area contributed by atoms with Crippen LogP contribution < -0.4 is 5.32 Å². The van der Waals surface area contributed by atoms with Crippen LogP contribution in [0.5, 0.6) is 0 Å². The summed E-state index contributed by atoms with van der Waals surface area (Å²) in [6, 6.07) is 11.6. The summed E-state index contributed by atoms with van der Waals surface area (Å²) in [7, 11) is 0. The molecule has 3 heterocycles. The second kappa shape index (κ2) is 10.0. The van der Waals surface area contributed by atoms with Crippen LogP contribution in [0.1, 0.15) is 41.5 Å². The van der Waals surface area contributed by atoms with Crippen molar-refractivity contribution >= 4 is 11.7 Å². The third-order valence-electron chi connectivity index (χ3n) is 6.35. The second-order valence-corrected chi connectivity index (χ2v) is 8.85. The van der Waals surface area contributed by atoms with Gasteiger partial charge in [0.1, 0.15) is 17.3 Å². The molecular weight excluding hydrogens is 460 g/mol. The second-order valence-electron chi connectivity index (χ2n) is 8.85. The predicted molar refractivity (Wildman–Crippen MR) is 125 cm³/mol. The van der Waals surface area contributed by atoms with E-state index >= 15 is 0 Å². The van der Waals surface area contributed by atoms with Gasteiger partial charge >= 0.3 is 6.18 Å². The van der Waals surface area contributed by atoms with Crippen molar-refractivity contribution in [2.45, 2.75) is 38.9 Å². The topological polar surface area (TPSA) is 58.1 Å². The summed E-state index contributed by atoms with van der Waals surface area (Å²) in [6.45, 7) is 4.73. The van der Waals surface area contributed by atoms with Gasteiger partial charge < -0.3 is 10.2 Å². The molecule has 0 aliphatic carbocycles. The van der Waals surface area contributed by atoms with Gasteiger partial charge in [-0.2, -0.15) is 13.2 Å². The summed E-state index contributed by atoms with van der Waals surface area (Å²) in [5.74, 6) is -0.126. The Morgan fingerprint density at radius 3 is 2.51 bits per heavy atom. The lowest BCUT2D eigenvalue weighted by atomic mass is 9.90. The van der Waals surface area contributed by atoms with Gasteiger partial charge in [-0.15, -0.1) is 0 Å². The van der Waals surface area contributed by atoms with Crippen molar-refractivity contribution in [3.63, 3.8) is 0 Å². The van der Waals surface area contributed by atoms with Crippen LogP contribution in [0.2, 0.25) is 0 Å². The van der Waals surface area contributed by atoms with E-state index in [9.17, 15) is 22.4 Å². The Hall–Kier alpha value is -3.49. The van der Waals surface area contributed by atoms with Crippen molar-refractivity contribution in [1.82, 2.24) is 14.9 Å². The molecule has 0 saturated carbocycles. The molecule has 1 aromatic carbocycles. The van der Waals surface area contributed by atoms with Crippen LogP contribution in [0.25, 0.3) is 11.1 Å². The Kier molecular flexibility index (Phi) is 7.05. The third-order valence-corrected chi connectivity index (χ3v) is 6.35. The molecular formula is C26H26F4N4O. The van der Waals surface area contributed by atoms with E-state index in [1.165, 1.54) is 18.2 Å². The number of carbonyl (C=O) groups excluding carboxylic acids is 1. The van der Waals surface area contributed by atoms with Crippen molar-refractivity contribution in [1.29, 1.82) is 0 Å². The number of nitrogens with one attached hydrogen (secondary N) is 1. The Labute approximate surface area is 201 Å². The summed E-state index contributed by atoms with van der Waals surface area (Å²) in [5, 5.41) is 3.09. The summed E-state index contributed by atoms with van der Waals surface area (Å²) in [4.78, 5) is 23.9. The smallest absolute Gasteiger partial charge is 0.368 e. The van der Waals surface area contributed by atoms with Crippen molar-refractivity contribution in [3.05, 3.63) is 77.5 Å². The number of hydrogen-bond donors (Lipinski definition) is 1. The van der Waals surface area contributed by atoms with Crippen LogP contribution >= 0.6 is 0 Å². The first-order chi connectivity index (χ1) is 16.6. The van der Waals surface area contributed by atoms with Gasteiger partial charge in [-0.25, -0.2) is 14.4 Å². The first-order valence-electron chi connectivity index (χ1n) is 11.4. The van der Waals surface area contributed by atoms with Crippen molar-refractivity contribution in [2.24, 2.45) is 5.92 Å². The Balaban J connectivity index is 1.58. The number of halogens is 4. The van der Waals surface area contributed by atoms with E-state index in [0.29, 0.717) is 41.4 Å². The van der Waals surface area contributed by atoms with Gasteiger partial charge in [-0.1, -0.05) is 25.1 Å². The van der Waals surface area contributed by atoms with Gasteiger partial charge in [-0.05, 0) is 61.6 Å². The van der Waals surface area contributed by atoms with Gasteiger partial charge in [0.15, 0.2) is 0 Å². The Bertz CT molecular complexity index is 1180. The molecule has 35 heavy (non-hydrogen) atoms. The molecule has 4 rings (SSSR count). The summed E-state index contributed by atoms with van der Waals surface area (Å²) < 4.78 is 51.9. The highest BCUT2D eigenvalue weighted by molar-refractivity contribution is 5.99. The number of likely N-dealkylation sites (tertiary alicyclic amines) is 1. The molecule has 1 amide bonds. The number of benzene rings is 1. The van der Waals surface area contributed by atoms with Gasteiger partial charge in [-0.3, -0.25) is 4.79 Å². The number of nitrogens with zero attached hydrogens (tertiary/aromatic N) is 3. The Morgan fingerprint density at radius 2 is 1.86 bits per heavy atom. The van der Waals surface area contributed by atoms with Crippen molar-refractivity contribution in [3.8, 4) is 11.1 Å². The minimum absolute atomic E-state index is 0.161. The van der Waals surface area contributed by atoms with E-state index in [1.54, 1.807) is 24.0 Å². The number of piperidine rings is 1. The average molecular weight is 487 g/mol. The predicted octanol–water partition coefficient (Wildman–Crippen LogP) is 5.96. The highest BCUT2D eigenvalue weighted by Crippen LogP contribution is 2.31. The zero-order chi connectivity index (χ0) is 25.2. The maximum absolute atomic E-state index is 13.8. The molecule has 1 aliphatic heterocycles. The van der Waals surface area contributed by atoms with Gasteiger partial charge in [0.05, 0.1) is 11.6 Å². The van der Waals surface area contributed by atoms with Crippen LogP contribution in [0, 0.1) is 18.7 Å².